The normalized spacial score (nSPS) is 20.4. The van der Waals surface area contributed by atoms with Crippen LogP contribution >= 0.6 is 0 Å². The van der Waals surface area contributed by atoms with E-state index in [1.807, 2.05) is 7.05 Å². The molecule has 5 nitrogen and oxygen atoms in total. The molecule has 0 bridgehead atoms. The van der Waals surface area contributed by atoms with Crippen LogP contribution < -0.4 is 16.0 Å². The molecule has 2 heterocycles. The lowest BCUT2D eigenvalue weighted by molar-refractivity contribution is 0.446. The van der Waals surface area contributed by atoms with Crippen molar-refractivity contribution in [2.75, 3.05) is 30.8 Å². The van der Waals surface area contributed by atoms with Gasteiger partial charge in [0.1, 0.15) is 5.82 Å². The number of nitrogens with zero attached hydrogens (tertiary/aromatic N) is 3. The average molecular weight is 275 g/mol. The topological polar surface area (TPSA) is 67.1 Å². The minimum atomic E-state index is 0.414. The minimum absolute atomic E-state index is 0.414. The molecule has 1 aromatic rings. The molecule has 3 N–H and O–H groups in total. The summed E-state index contributed by atoms with van der Waals surface area (Å²) < 4.78 is 0. The average Bonchev–Trinajstić information content (AvgIpc) is 2.88. The van der Waals surface area contributed by atoms with E-state index in [0.29, 0.717) is 12.0 Å². The third-order valence-electron chi connectivity index (χ3n) is 4.68. The van der Waals surface area contributed by atoms with Crippen LogP contribution in [0.1, 0.15) is 37.8 Å². The Bertz CT molecular complexity index is 450. The molecule has 1 aliphatic carbocycles. The van der Waals surface area contributed by atoms with E-state index in [0.717, 1.165) is 36.9 Å². The third-order valence-corrected chi connectivity index (χ3v) is 4.68. The Balaban J connectivity index is 1.61. The first-order chi connectivity index (χ1) is 9.74. The number of likely N-dealkylation sites (N-methyl/N-ethyl adjacent to an activating group) is 1. The fourth-order valence-corrected chi connectivity index (χ4v) is 3.29. The number of nitrogens with two attached hydrogens (primary N) is 1. The molecule has 3 rings (SSSR count). The third kappa shape index (κ3) is 3.03. The van der Waals surface area contributed by atoms with E-state index >= 15 is 0 Å². The molecular formula is C15H25N5. The van der Waals surface area contributed by atoms with E-state index in [1.54, 1.807) is 0 Å². The molecule has 0 radical (unpaired) electrons. The zero-order valence-corrected chi connectivity index (χ0v) is 12.3. The molecule has 0 atom stereocenters. The summed E-state index contributed by atoms with van der Waals surface area (Å²) in [4.78, 5) is 11.0. The molecule has 1 saturated heterocycles. The molecule has 1 aromatic heterocycles. The number of nitrogens with one attached hydrogen (secondary N) is 1. The molecular weight excluding hydrogens is 250 g/mol. The molecule has 0 aromatic carbocycles. The molecule has 0 unspecified atom stereocenters. The fraction of sp³-hybridized carbons (Fsp3) is 0.733. The molecule has 110 valence electrons. The van der Waals surface area contributed by atoms with Crippen molar-refractivity contribution in [2.45, 2.75) is 44.6 Å². The summed E-state index contributed by atoms with van der Waals surface area (Å²) in [6, 6.07) is 2.70. The summed E-state index contributed by atoms with van der Waals surface area (Å²) in [5, 5.41) is 3.28. The van der Waals surface area contributed by atoms with Crippen LogP contribution in [0.4, 0.5) is 11.8 Å². The maximum absolute atomic E-state index is 5.86. The van der Waals surface area contributed by atoms with Crippen LogP contribution in [0.15, 0.2) is 6.07 Å². The quantitative estimate of drug-likeness (QED) is 0.854. The van der Waals surface area contributed by atoms with Crippen molar-refractivity contribution >= 4 is 11.8 Å². The van der Waals surface area contributed by atoms with Gasteiger partial charge >= 0.3 is 0 Å². The summed E-state index contributed by atoms with van der Waals surface area (Å²) >= 11 is 0. The molecule has 20 heavy (non-hydrogen) atoms. The summed E-state index contributed by atoms with van der Waals surface area (Å²) in [6.07, 6.45) is 7.87. The van der Waals surface area contributed by atoms with Crippen molar-refractivity contribution in [1.29, 1.82) is 0 Å². The van der Waals surface area contributed by atoms with Gasteiger partial charge in [0.05, 0.1) is 0 Å². The molecule has 0 spiro atoms. The first kappa shape index (κ1) is 13.6. The van der Waals surface area contributed by atoms with Crippen molar-refractivity contribution in [3.63, 3.8) is 0 Å². The number of aryl methyl sites for hydroxylation is 1. The molecule has 0 amide bonds. The summed E-state index contributed by atoms with van der Waals surface area (Å²) in [7, 11) is 2.00. The zero-order chi connectivity index (χ0) is 13.9. The molecule has 2 aliphatic rings. The van der Waals surface area contributed by atoms with E-state index in [2.05, 4.69) is 26.3 Å². The largest absolute Gasteiger partial charge is 0.368 e. The Morgan fingerprint density at radius 2 is 2.05 bits per heavy atom. The summed E-state index contributed by atoms with van der Waals surface area (Å²) in [5.74, 6) is 2.30. The van der Waals surface area contributed by atoms with Gasteiger partial charge in [0.15, 0.2) is 0 Å². The van der Waals surface area contributed by atoms with Crippen LogP contribution in [0, 0.1) is 5.92 Å². The predicted molar refractivity (Wildman–Crippen MR) is 81.8 cm³/mol. The van der Waals surface area contributed by atoms with E-state index in [1.165, 1.54) is 32.1 Å². The van der Waals surface area contributed by atoms with Crippen molar-refractivity contribution in [2.24, 2.45) is 5.92 Å². The minimum Gasteiger partial charge on any atom is -0.368 e. The molecule has 5 heteroatoms. The maximum Gasteiger partial charge on any atom is 0.222 e. The van der Waals surface area contributed by atoms with Gasteiger partial charge in [-0.05, 0) is 25.8 Å². The predicted octanol–water partition coefficient (Wildman–Crippen LogP) is 1.59. The van der Waals surface area contributed by atoms with Gasteiger partial charge < -0.3 is 16.0 Å². The summed E-state index contributed by atoms with van der Waals surface area (Å²) in [5.41, 5.74) is 6.97. The Hall–Kier alpha value is -1.36. The van der Waals surface area contributed by atoms with Gasteiger partial charge in [-0.2, -0.15) is 4.98 Å². The highest BCUT2D eigenvalue weighted by Gasteiger charge is 2.26. The fourth-order valence-electron chi connectivity index (χ4n) is 3.29. The van der Waals surface area contributed by atoms with Gasteiger partial charge in [-0.25, -0.2) is 4.98 Å². The number of rotatable bonds is 5. The van der Waals surface area contributed by atoms with Crippen LogP contribution in [0.25, 0.3) is 0 Å². The maximum atomic E-state index is 5.86. The Kier molecular flexibility index (Phi) is 4.05. The second-order valence-electron chi connectivity index (χ2n) is 6.16. The van der Waals surface area contributed by atoms with Gasteiger partial charge in [0.25, 0.3) is 0 Å². The van der Waals surface area contributed by atoms with Gasteiger partial charge in [-0.3, -0.25) is 0 Å². The zero-order valence-electron chi connectivity index (χ0n) is 12.3. The standard InChI is InChI=1S/C15H25N5/c1-17-13-9-20(10-13)14-8-12(18-15(16)19-14)7-6-11-4-2-3-5-11/h8,11,13,17H,2-7,9-10H2,1H3,(H2,16,18,19). The van der Waals surface area contributed by atoms with Gasteiger partial charge in [-0.15, -0.1) is 0 Å². The van der Waals surface area contributed by atoms with Gasteiger partial charge in [0, 0.05) is 30.9 Å². The molecule has 1 aliphatic heterocycles. The van der Waals surface area contributed by atoms with E-state index in [9.17, 15) is 0 Å². The summed E-state index contributed by atoms with van der Waals surface area (Å²) in [6.45, 7) is 2.02. The number of nitrogen functional groups attached to an aromatic ring is 1. The lowest BCUT2D eigenvalue weighted by atomic mass is 10.0. The Morgan fingerprint density at radius 1 is 1.30 bits per heavy atom. The first-order valence-electron chi connectivity index (χ1n) is 7.80. The first-order valence-corrected chi connectivity index (χ1v) is 7.80. The van der Waals surface area contributed by atoms with Gasteiger partial charge in [-0.1, -0.05) is 25.7 Å². The van der Waals surface area contributed by atoms with E-state index in [-0.39, 0.29) is 0 Å². The number of anilines is 2. The highest BCUT2D eigenvalue weighted by atomic mass is 15.3. The van der Waals surface area contributed by atoms with Crippen LogP contribution in [-0.4, -0.2) is 36.1 Å². The van der Waals surface area contributed by atoms with Crippen LogP contribution in [0.5, 0.6) is 0 Å². The second-order valence-corrected chi connectivity index (χ2v) is 6.16. The number of aromatic nitrogens is 2. The number of hydrogen-bond donors (Lipinski definition) is 2. The van der Waals surface area contributed by atoms with Gasteiger partial charge in [0.2, 0.25) is 5.95 Å². The smallest absolute Gasteiger partial charge is 0.222 e. The van der Waals surface area contributed by atoms with Crippen LogP contribution in [0.2, 0.25) is 0 Å². The van der Waals surface area contributed by atoms with Crippen molar-refractivity contribution in [1.82, 2.24) is 15.3 Å². The van der Waals surface area contributed by atoms with Crippen LogP contribution in [-0.2, 0) is 6.42 Å². The second kappa shape index (κ2) is 5.95. The van der Waals surface area contributed by atoms with Crippen molar-refractivity contribution < 1.29 is 0 Å². The monoisotopic (exact) mass is 275 g/mol. The Labute approximate surface area is 121 Å². The van der Waals surface area contributed by atoms with Crippen LogP contribution in [0.3, 0.4) is 0 Å². The van der Waals surface area contributed by atoms with E-state index in [4.69, 9.17) is 5.73 Å². The molecule has 1 saturated carbocycles. The Morgan fingerprint density at radius 3 is 2.75 bits per heavy atom. The molecule has 2 fully saturated rings. The SMILES string of the molecule is CNC1CN(c2cc(CCC3CCCC3)nc(N)n2)C1. The van der Waals surface area contributed by atoms with E-state index < -0.39 is 0 Å². The van der Waals surface area contributed by atoms with Crippen molar-refractivity contribution in [3.8, 4) is 0 Å². The number of hydrogen-bond acceptors (Lipinski definition) is 5. The lowest BCUT2D eigenvalue weighted by Crippen LogP contribution is -2.57. The highest BCUT2D eigenvalue weighted by Crippen LogP contribution is 2.29. The lowest BCUT2D eigenvalue weighted by Gasteiger charge is -2.40. The highest BCUT2D eigenvalue weighted by molar-refractivity contribution is 5.46. The van der Waals surface area contributed by atoms with Crippen molar-refractivity contribution in [3.05, 3.63) is 11.8 Å².